The summed E-state index contributed by atoms with van der Waals surface area (Å²) in [4.78, 5) is 0. The van der Waals surface area contributed by atoms with Crippen molar-refractivity contribution >= 4 is 32.3 Å². The van der Waals surface area contributed by atoms with E-state index in [1.54, 1.807) is 0 Å². The van der Waals surface area contributed by atoms with Gasteiger partial charge in [-0.05, 0) is 111 Å². The maximum Gasteiger partial charge on any atom is 0.0159 e. The smallest absolute Gasteiger partial charge is 0.0159 e. The van der Waals surface area contributed by atoms with E-state index < -0.39 is 0 Å². The van der Waals surface area contributed by atoms with Crippen molar-refractivity contribution in [2.75, 3.05) is 0 Å². The van der Waals surface area contributed by atoms with Gasteiger partial charge >= 0.3 is 0 Å². The molecule has 0 heterocycles. The Labute approximate surface area is 299 Å². The molecule has 1 aliphatic carbocycles. The van der Waals surface area contributed by atoms with Gasteiger partial charge in [-0.2, -0.15) is 0 Å². The molecule has 10 rings (SSSR count). The van der Waals surface area contributed by atoms with Crippen LogP contribution in [0.25, 0.3) is 88.0 Å². The molecule has 9 aromatic carbocycles. The normalized spacial score (nSPS) is 13.1. The van der Waals surface area contributed by atoms with Gasteiger partial charge in [-0.25, -0.2) is 0 Å². The highest BCUT2D eigenvalue weighted by atomic mass is 14.4. The summed E-state index contributed by atoms with van der Waals surface area (Å²) in [6.07, 6.45) is 0. The molecule has 1 aliphatic rings. The molecule has 240 valence electrons. The highest BCUT2D eigenvalue weighted by Gasteiger charge is 2.35. The molecule has 9 aromatic rings. The predicted octanol–water partition coefficient (Wildman–Crippen LogP) is 14.1. The lowest BCUT2D eigenvalue weighted by Gasteiger charge is -2.23. The van der Waals surface area contributed by atoms with E-state index in [-0.39, 0.29) is 5.41 Å². The lowest BCUT2D eigenvalue weighted by molar-refractivity contribution is 0.660. The standard InChI is InChI=1S/C51H36/c1-51(2)47-26-13-12-19-38(47)39-30-29-36(32-48(39)51)37-18-6-7-20-40(37)49-41-21-8-10-23-43(41)50(44-24-11-9-22-42(44)49)45-25-14-17-34-27-28-35(31-46(34)45)33-15-4-3-5-16-33/h3-32H,1-2H3. The summed E-state index contributed by atoms with van der Waals surface area (Å²) >= 11 is 0. The van der Waals surface area contributed by atoms with Gasteiger partial charge in [0.2, 0.25) is 0 Å². The van der Waals surface area contributed by atoms with Crippen molar-refractivity contribution in [3.8, 4) is 55.6 Å². The maximum atomic E-state index is 2.45. The number of benzene rings is 9. The molecule has 0 spiro atoms. The van der Waals surface area contributed by atoms with Crippen molar-refractivity contribution in [1.82, 2.24) is 0 Å². The van der Waals surface area contributed by atoms with Crippen LogP contribution in [-0.2, 0) is 5.41 Å². The van der Waals surface area contributed by atoms with Crippen LogP contribution in [-0.4, -0.2) is 0 Å². The lowest BCUT2D eigenvalue weighted by atomic mass is 9.80. The molecule has 0 aliphatic heterocycles. The minimum absolute atomic E-state index is 0.0588. The first-order chi connectivity index (χ1) is 25.1. The molecule has 51 heavy (non-hydrogen) atoms. The second kappa shape index (κ2) is 11.4. The van der Waals surface area contributed by atoms with Gasteiger partial charge in [0, 0.05) is 5.41 Å². The maximum absolute atomic E-state index is 2.45. The van der Waals surface area contributed by atoms with Gasteiger partial charge in [-0.1, -0.05) is 184 Å². The van der Waals surface area contributed by atoms with Gasteiger partial charge in [0.05, 0.1) is 0 Å². The molecule has 0 atom stereocenters. The Balaban J connectivity index is 1.23. The summed E-state index contributed by atoms with van der Waals surface area (Å²) in [6.45, 7) is 4.73. The van der Waals surface area contributed by atoms with Gasteiger partial charge in [-0.3, -0.25) is 0 Å². The fourth-order valence-electron chi connectivity index (χ4n) is 8.83. The molecule has 0 N–H and O–H groups in total. The second-order valence-corrected chi connectivity index (χ2v) is 14.4. The van der Waals surface area contributed by atoms with Crippen LogP contribution in [0.15, 0.2) is 182 Å². The first kappa shape index (κ1) is 29.7. The van der Waals surface area contributed by atoms with Crippen molar-refractivity contribution in [3.05, 3.63) is 193 Å². The third-order valence-corrected chi connectivity index (χ3v) is 11.3. The number of rotatable bonds is 4. The zero-order chi connectivity index (χ0) is 34.1. The van der Waals surface area contributed by atoms with Crippen LogP contribution < -0.4 is 0 Å². The topological polar surface area (TPSA) is 0 Å². The van der Waals surface area contributed by atoms with Crippen LogP contribution in [0, 0.1) is 0 Å². The van der Waals surface area contributed by atoms with Gasteiger partial charge in [0.1, 0.15) is 0 Å². The van der Waals surface area contributed by atoms with E-state index in [1.165, 1.54) is 99.1 Å². The molecule has 0 nitrogen and oxygen atoms in total. The molecule has 0 saturated heterocycles. The summed E-state index contributed by atoms with van der Waals surface area (Å²) in [7, 11) is 0. The van der Waals surface area contributed by atoms with E-state index in [0.29, 0.717) is 0 Å². The largest absolute Gasteiger partial charge is 0.0622 e. The summed E-state index contributed by atoms with van der Waals surface area (Å²) < 4.78 is 0. The zero-order valence-electron chi connectivity index (χ0n) is 28.8. The first-order valence-corrected chi connectivity index (χ1v) is 17.9. The average Bonchev–Trinajstić information content (AvgIpc) is 3.42. The highest BCUT2D eigenvalue weighted by Crippen LogP contribution is 2.51. The molecule has 0 unspecified atom stereocenters. The van der Waals surface area contributed by atoms with Gasteiger partial charge in [-0.15, -0.1) is 0 Å². The van der Waals surface area contributed by atoms with Crippen molar-refractivity contribution in [3.63, 3.8) is 0 Å². The van der Waals surface area contributed by atoms with Crippen LogP contribution in [0.4, 0.5) is 0 Å². The minimum atomic E-state index is -0.0588. The van der Waals surface area contributed by atoms with Crippen LogP contribution in [0.2, 0.25) is 0 Å². The molecule has 0 fully saturated rings. The molecular formula is C51H36. The van der Waals surface area contributed by atoms with Crippen molar-refractivity contribution < 1.29 is 0 Å². The second-order valence-electron chi connectivity index (χ2n) is 14.4. The summed E-state index contributed by atoms with van der Waals surface area (Å²) in [6, 6.07) is 67.4. The van der Waals surface area contributed by atoms with Crippen LogP contribution >= 0.6 is 0 Å². The van der Waals surface area contributed by atoms with Gasteiger partial charge < -0.3 is 0 Å². The molecule has 0 amide bonds. The molecule has 0 radical (unpaired) electrons. The Kier molecular flexibility index (Phi) is 6.63. The predicted molar refractivity (Wildman–Crippen MR) is 218 cm³/mol. The highest BCUT2D eigenvalue weighted by molar-refractivity contribution is 6.24. The quantitative estimate of drug-likeness (QED) is 0.167. The lowest BCUT2D eigenvalue weighted by Crippen LogP contribution is -2.14. The fraction of sp³-hybridized carbons (Fsp3) is 0.0588. The van der Waals surface area contributed by atoms with Crippen molar-refractivity contribution in [2.24, 2.45) is 0 Å². The zero-order valence-corrected chi connectivity index (χ0v) is 28.8. The SMILES string of the molecule is CC1(C)c2ccccc2-c2ccc(-c3ccccc3-c3c4ccccc4c(-c4cccc5ccc(-c6ccccc6)cc45)c4ccccc34)cc21. The third-order valence-electron chi connectivity index (χ3n) is 11.3. The first-order valence-electron chi connectivity index (χ1n) is 17.9. The molecule has 0 heteroatoms. The van der Waals surface area contributed by atoms with Gasteiger partial charge in [0.25, 0.3) is 0 Å². The van der Waals surface area contributed by atoms with E-state index in [4.69, 9.17) is 0 Å². The summed E-state index contributed by atoms with van der Waals surface area (Å²) in [5, 5.41) is 7.58. The van der Waals surface area contributed by atoms with E-state index in [0.717, 1.165) is 0 Å². The number of hydrogen-bond donors (Lipinski definition) is 0. The molecule has 0 bridgehead atoms. The van der Waals surface area contributed by atoms with Crippen molar-refractivity contribution in [2.45, 2.75) is 19.3 Å². The Morgan fingerprint density at radius 1 is 0.294 bits per heavy atom. The Hall–Kier alpha value is -6.24. The summed E-state index contributed by atoms with van der Waals surface area (Å²) in [5.74, 6) is 0. The van der Waals surface area contributed by atoms with E-state index >= 15 is 0 Å². The molecular weight excluding hydrogens is 613 g/mol. The average molecular weight is 649 g/mol. The minimum Gasteiger partial charge on any atom is -0.0622 e. The van der Waals surface area contributed by atoms with E-state index in [2.05, 4.69) is 196 Å². The summed E-state index contributed by atoms with van der Waals surface area (Å²) in [5.41, 5.74) is 15.5. The molecule has 0 aromatic heterocycles. The Morgan fingerprint density at radius 3 is 1.53 bits per heavy atom. The van der Waals surface area contributed by atoms with E-state index in [9.17, 15) is 0 Å². The van der Waals surface area contributed by atoms with E-state index in [1.807, 2.05) is 0 Å². The molecule has 0 saturated carbocycles. The van der Waals surface area contributed by atoms with Crippen LogP contribution in [0.5, 0.6) is 0 Å². The van der Waals surface area contributed by atoms with Crippen LogP contribution in [0.3, 0.4) is 0 Å². The Morgan fingerprint density at radius 2 is 0.824 bits per heavy atom. The van der Waals surface area contributed by atoms with Crippen LogP contribution in [0.1, 0.15) is 25.0 Å². The van der Waals surface area contributed by atoms with Gasteiger partial charge in [0.15, 0.2) is 0 Å². The van der Waals surface area contributed by atoms with Crippen molar-refractivity contribution in [1.29, 1.82) is 0 Å². The monoisotopic (exact) mass is 648 g/mol. The third kappa shape index (κ3) is 4.53. The Bertz CT molecular complexity index is 2760. The number of fused-ring (bicyclic) bond motifs is 6. The fourth-order valence-corrected chi connectivity index (χ4v) is 8.83. The number of hydrogen-bond acceptors (Lipinski definition) is 0.